The Morgan fingerprint density at radius 2 is 2.38 bits per heavy atom. The summed E-state index contributed by atoms with van der Waals surface area (Å²) in [7, 11) is 0. The van der Waals surface area contributed by atoms with Crippen molar-refractivity contribution in [2.24, 2.45) is 0 Å². The molecular formula is C12H26N2O2. The quantitative estimate of drug-likeness (QED) is 0.696. The Balaban J connectivity index is 2.31. The van der Waals surface area contributed by atoms with E-state index >= 15 is 0 Å². The van der Waals surface area contributed by atoms with Crippen LogP contribution in [0.1, 0.15) is 26.7 Å². The van der Waals surface area contributed by atoms with Crippen LogP contribution in [0, 0.1) is 0 Å². The number of hydrogen-bond donors (Lipinski definition) is 2. The van der Waals surface area contributed by atoms with Crippen LogP contribution in [0.5, 0.6) is 0 Å². The summed E-state index contributed by atoms with van der Waals surface area (Å²) < 4.78 is 5.60. The van der Waals surface area contributed by atoms with Crippen LogP contribution < -0.4 is 5.32 Å². The number of aliphatic hydroxyl groups is 1. The second-order valence-electron chi connectivity index (χ2n) is 4.63. The Morgan fingerprint density at radius 3 is 3.06 bits per heavy atom. The molecule has 0 amide bonds. The van der Waals surface area contributed by atoms with Gasteiger partial charge in [0.15, 0.2) is 0 Å². The molecule has 0 aromatic rings. The van der Waals surface area contributed by atoms with Crippen LogP contribution in [0.2, 0.25) is 0 Å². The number of rotatable bonds is 6. The molecule has 0 aromatic carbocycles. The number of hydrogen-bond acceptors (Lipinski definition) is 4. The third kappa shape index (κ3) is 5.25. The summed E-state index contributed by atoms with van der Waals surface area (Å²) in [6.45, 7) is 9.29. The first-order chi connectivity index (χ1) is 7.76. The van der Waals surface area contributed by atoms with Gasteiger partial charge in [0.1, 0.15) is 0 Å². The molecule has 0 radical (unpaired) electrons. The second kappa shape index (κ2) is 8.01. The maximum Gasteiger partial charge on any atom is 0.0673 e. The second-order valence-corrected chi connectivity index (χ2v) is 4.63. The van der Waals surface area contributed by atoms with Crippen molar-refractivity contribution in [1.82, 2.24) is 10.2 Å². The van der Waals surface area contributed by atoms with Crippen molar-refractivity contribution in [2.75, 3.05) is 39.4 Å². The third-order valence-corrected chi connectivity index (χ3v) is 2.92. The first-order valence-electron chi connectivity index (χ1n) is 6.44. The lowest BCUT2D eigenvalue weighted by Gasteiger charge is -2.26. The molecule has 4 heteroatoms. The van der Waals surface area contributed by atoms with Crippen LogP contribution in [0.4, 0.5) is 0 Å². The fraction of sp³-hybridized carbons (Fsp3) is 1.00. The molecule has 2 unspecified atom stereocenters. The van der Waals surface area contributed by atoms with Gasteiger partial charge in [-0.2, -0.15) is 0 Å². The van der Waals surface area contributed by atoms with Gasteiger partial charge in [-0.25, -0.2) is 0 Å². The van der Waals surface area contributed by atoms with Gasteiger partial charge in [0.25, 0.3) is 0 Å². The highest BCUT2D eigenvalue weighted by molar-refractivity contribution is 4.74. The summed E-state index contributed by atoms with van der Waals surface area (Å²) in [6, 6.07) is 0.199. The summed E-state index contributed by atoms with van der Waals surface area (Å²) in [6.07, 6.45) is 2.51. The molecule has 1 heterocycles. The lowest BCUT2D eigenvalue weighted by molar-refractivity contribution is 0.0648. The molecule has 1 aliphatic rings. The smallest absolute Gasteiger partial charge is 0.0673 e. The topological polar surface area (TPSA) is 44.7 Å². The first kappa shape index (κ1) is 13.9. The molecule has 1 aliphatic heterocycles. The van der Waals surface area contributed by atoms with Gasteiger partial charge in [0.05, 0.1) is 12.7 Å². The predicted octanol–water partition coefficient (Wildman–Crippen LogP) is 0.458. The number of nitrogens with one attached hydrogen (secondary N) is 1. The lowest BCUT2D eigenvalue weighted by Crippen LogP contribution is -2.45. The van der Waals surface area contributed by atoms with Crippen molar-refractivity contribution in [3.05, 3.63) is 0 Å². The summed E-state index contributed by atoms with van der Waals surface area (Å²) in [4.78, 5) is 2.39. The molecule has 1 fully saturated rings. The van der Waals surface area contributed by atoms with E-state index in [0.717, 1.165) is 45.6 Å². The normalized spacial score (nSPS) is 25.3. The fourth-order valence-electron chi connectivity index (χ4n) is 2.09. The Kier molecular flexibility index (Phi) is 6.96. The number of aliphatic hydroxyl groups excluding tert-OH is 1. The zero-order chi connectivity index (χ0) is 11.8. The molecule has 1 saturated heterocycles. The minimum Gasteiger partial charge on any atom is -0.395 e. The maximum atomic E-state index is 9.30. The van der Waals surface area contributed by atoms with E-state index < -0.39 is 0 Å². The SMILES string of the molecule is CCCNC(CO)CN1CCCOC(C)C1. The van der Waals surface area contributed by atoms with E-state index in [0.29, 0.717) is 6.10 Å². The first-order valence-corrected chi connectivity index (χ1v) is 6.44. The molecule has 0 aliphatic carbocycles. The largest absolute Gasteiger partial charge is 0.395 e. The van der Waals surface area contributed by atoms with Crippen LogP contribution in [0.3, 0.4) is 0 Å². The number of ether oxygens (including phenoxy) is 1. The van der Waals surface area contributed by atoms with Crippen LogP contribution >= 0.6 is 0 Å². The van der Waals surface area contributed by atoms with Gasteiger partial charge < -0.3 is 15.2 Å². The van der Waals surface area contributed by atoms with Gasteiger partial charge in [-0.05, 0) is 26.3 Å². The molecule has 0 spiro atoms. The standard InChI is InChI=1S/C12H26N2O2/c1-3-5-13-12(10-15)9-14-6-4-7-16-11(2)8-14/h11-13,15H,3-10H2,1-2H3. The van der Waals surface area contributed by atoms with Gasteiger partial charge >= 0.3 is 0 Å². The van der Waals surface area contributed by atoms with Crippen molar-refractivity contribution < 1.29 is 9.84 Å². The fourth-order valence-corrected chi connectivity index (χ4v) is 2.09. The van der Waals surface area contributed by atoms with Crippen LogP contribution in [-0.2, 0) is 4.74 Å². The van der Waals surface area contributed by atoms with Crippen molar-refractivity contribution in [3.8, 4) is 0 Å². The zero-order valence-electron chi connectivity index (χ0n) is 10.6. The van der Waals surface area contributed by atoms with E-state index in [1.807, 2.05) is 0 Å². The van der Waals surface area contributed by atoms with Crippen molar-refractivity contribution in [3.63, 3.8) is 0 Å². The van der Waals surface area contributed by atoms with E-state index in [9.17, 15) is 5.11 Å². The van der Waals surface area contributed by atoms with Gasteiger partial charge in [0, 0.05) is 32.3 Å². The van der Waals surface area contributed by atoms with E-state index in [1.54, 1.807) is 0 Å². The highest BCUT2D eigenvalue weighted by atomic mass is 16.5. The Labute approximate surface area is 99.0 Å². The number of nitrogens with zero attached hydrogens (tertiary/aromatic N) is 1. The third-order valence-electron chi connectivity index (χ3n) is 2.92. The monoisotopic (exact) mass is 230 g/mol. The molecule has 4 nitrogen and oxygen atoms in total. The van der Waals surface area contributed by atoms with Crippen molar-refractivity contribution in [1.29, 1.82) is 0 Å². The van der Waals surface area contributed by atoms with Crippen LogP contribution in [-0.4, -0.2) is 61.5 Å². The van der Waals surface area contributed by atoms with E-state index in [1.165, 1.54) is 0 Å². The molecule has 2 atom stereocenters. The van der Waals surface area contributed by atoms with E-state index in [4.69, 9.17) is 4.74 Å². The average molecular weight is 230 g/mol. The summed E-state index contributed by atoms with van der Waals surface area (Å²) in [5, 5.41) is 12.7. The van der Waals surface area contributed by atoms with Crippen molar-refractivity contribution in [2.45, 2.75) is 38.8 Å². The summed E-state index contributed by atoms with van der Waals surface area (Å²) in [5.74, 6) is 0. The van der Waals surface area contributed by atoms with Gasteiger partial charge in [-0.3, -0.25) is 4.90 Å². The van der Waals surface area contributed by atoms with Gasteiger partial charge in [0.2, 0.25) is 0 Å². The van der Waals surface area contributed by atoms with Crippen molar-refractivity contribution >= 4 is 0 Å². The molecular weight excluding hydrogens is 204 g/mol. The van der Waals surface area contributed by atoms with Gasteiger partial charge in [-0.1, -0.05) is 6.92 Å². The minimum absolute atomic E-state index is 0.199. The Morgan fingerprint density at radius 1 is 1.56 bits per heavy atom. The molecule has 16 heavy (non-hydrogen) atoms. The zero-order valence-corrected chi connectivity index (χ0v) is 10.6. The Hall–Kier alpha value is -0.160. The molecule has 1 rings (SSSR count). The summed E-state index contributed by atoms with van der Waals surface area (Å²) in [5.41, 5.74) is 0. The van der Waals surface area contributed by atoms with E-state index in [2.05, 4.69) is 24.1 Å². The van der Waals surface area contributed by atoms with Gasteiger partial charge in [-0.15, -0.1) is 0 Å². The lowest BCUT2D eigenvalue weighted by atomic mass is 10.2. The Bertz CT molecular complexity index is 178. The molecule has 0 saturated carbocycles. The predicted molar refractivity (Wildman–Crippen MR) is 65.6 cm³/mol. The highest BCUT2D eigenvalue weighted by Gasteiger charge is 2.18. The highest BCUT2D eigenvalue weighted by Crippen LogP contribution is 2.05. The molecule has 0 aromatic heterocycles. The summed E-state index contributed by atoms with van der Waals surface area (Å²) >= 11 is 0. The maximum absolute atomic E-state index is 9.30. The average Bonchev–Trinajstić information content (AvgIpc) is 2.48. The van der Waals surface area contributed by atoms with Crippen LogP contribution in [0.15, 0.2) is 0 Å². The molecule has 0 bridgehead atoms. The molecule has 96 valence electrons. The minimum atomic E-state index is 0.199. The van der Waals surface area contributed by atoms with Crippen LogP contribution in [0.25, 0.3) is 0 Å². The molecule has 2 N–H and O–H groups in total. The van der Waals surface area contributed by atoms with E-state index in [-0.39, 0.29) is 12.6 Å².